The van der Waals surface area contributed by atoms with Gasteiger partial charge in [0.05, 0.1) is 0 Å². The summed E-state index contributed by atoms with van der Waals surface area (Å²) in [5, 5.41) is 0. The van der Waals surface area contributed by atoms with E-state index in [0.717, 1.165) is 5.92 Å². The van der Waals surface area contributed by atoms with Gasteiger partial charge in [-0.3, -0.25) is 0 Å². The first kappa shape index (κ1) is 7.78. The molecule has 0 bridgehead atoms. The molecule has 8 heavy (non-hydrogen) atoms. The van der Waals surface area contributed by atoms with E-state index in [-0.39, 0.29) is 0 Å². The Morgan fingerprint density at radius 1 is 1.62 bits per heavy atom. The molecule has 46 valence electrons. The highest BCUT2D eigenvalue weighted by atomic mass is 28.3. The molecule has 0 fully saturated rings. The molecule has 1 atom stereocenters. The highest BCUT2D eigenvalue weighted by Crippen LogP contribution is 2.03. The highest BCUT2D eigenvalue weighted by molar-refractivity contribution is 6.66. The van der Waals surface area contributed by atoms with Crippen LogP contribution in [0.1, 0.15) is 13.8 Å². The van der Waals surface area contributed by atoms with Crippen LogP contribution >= 0.6 is 0 Å². The van der Waals surface area contributed by atoms with Crippen molar-refractivity contribution < 1.29 is 0 Å². The quantitative estimate of drug-likeness (QED) is 0.390. The fraction of sp³-hybridized carbons (Fsp3) is 0.714. The molecule has 0 N–H and O–H groups in total. The second-order valence-electron chi connectivity index (χ2n) is 2.70. The lowest BCUT2D eigenvalue weighted by Gasteiger charge is -2.03. The summed E-state index contributed by atoms with van der Waals surface area (Å²) in [6.45, 7) is 6.67. The van der Waals surface area contributed by atoms with Crippen LogP contribution in [0.3, 0.4) is 0 Å². The van der Waals surface area contributed by atoms with E-state index in [9.17, 15) is 0 Å². The van der Waals surface area contributed by atoms with Crippen LogP contribution in [0.2, 0.25) is 12.6 Å². The first-order valence-electron chi connectivity index (χ1n) is 3.13. The van der Waals surface area contributed by atoms with Crippen molar-refractivity contribution in [2.45, 2.75) is 26.4 Å². The lowest BCUT2D eigenvalue weighted by Crippen LogP contribution is -2.06. The molecule has 0 radical (unpaired) electrons. The smallest absolute Gasteiger partial charge is 0.119 e. The monoisotopic (exact) mass is 126 g/mol. The predicted molar refractivity (Wildman–Crippen MR) is 41.5 cm³/mol. The van der Waals surface area contributed by atoms with Crippen molar-refractivity contribution in [2.24, 2.45) is 5.92 Å². The summed E-state index contributed by atoms with van der Waals surface area (Å²) >= 11 is 0. The molecule has 0 aromatic heterocycles. The maximum atomic E-state index is 5.23. The summed E-state index contributed by atoms with van der Waals surface area (Å²) in [7, 11) is -0.711. The van der Waals surface area contributed by atoms with Crippen molar-refractivity contribution in [3.8, 4) is 12.0 Å². The lowest BCUT2D eigenvalue weighted by molar-refractivity contribution is 0.729. The van der Waals surface area contributed by atoms with Gasteiger partial charge in [0.25, 0.3) is 0 Å². The van der Waals surface area contributed by atoms with Crippen LogP contribution < -0.4 is 0 Å². The van der Waals surface area contributed by atoms with E-state index in [1.165, 1.54) is 6.04 Å². The van der Waals surface area contributed by atoms with E-state index < -0.39 is 8.80 Å². The van der Waals surface area contributed by atoms with Gasteiger partial charge in [0.15, 0.2) is 0 Å². The normalized spacial score (nSPS) is 13.4. The van der Waals surface area contributed by atoms with Crippen LogP contribution in [0, 0.1) is 17.9 Å². The van der Waals surface area contributed by atoms with E-state index in [1.807, 2.05) is 0 Å². The van der Waals surface area contributed by atoms with Crippen LogP contribution in [-0.4, -0.2) is 8.80 Å². The Labute approximate surface area is 53.9 Å². The van der Waals surface area contributed by atoms with Crippen molar-refractivity contribution in [2.75, 3.05) is 0 Å². The Morgan fingerprint density at radius 3 is 2.25 bits per heavy atom. The van der Waals surface area contributed by atoms with Gasteiger partial charge >= 0.3 is 0 Å². The minimum Gasteiger partial charge on any atom is -0.139 e. The molecule has 0 rings (SSSR count). The zero-order chi connectivity index (χ0) is 6.57. The molecular formula is C7H14Si. The molecule has 0 amide bonds. The Morgan fingerprint density at radius 2 is 2.12 bits per heavy atom. The van der Waals surface area contributed by atoms with Gasteiger partial charge in [0.2, 0.25) is 0 Å². The SMILES string of the molecule is C#C[SiH](C)CC(C)C. The molecule has 0 nitrogen and oxygen atoms in total. The second-order valence-corrected chi connectivity index (χ2v) is 5.30. The van der Waals surface area contributed by atoms with Gasteiger partial charge in [-0.1, -0.05) is 20.4 Å². The van der Waals surface area contributed by atoms with Crippen molar-refractivity contribution in [3.63, 3.8) is 0 Å². The highest BCUT2D eigenvalue weighted by Gasteiger charge is 2.00. The molecule has 0 aliphatic carbocycles. The summed E-state index contributed by atoms with van der Waals surface area (Å²) in [5.41, 5.74) is 2.84. The Kier molecular flexibility index (Phi) is 3.64. The molecule has 0 saturated heterocycles. The molecule has 0 aliphatic heterocycles. The molecule has 0 aliphatic rings. The molecule has 0 aromatic rings. The van der Waals surface area contributed by atoms with Gasteiger partial charge in [-0.2, -0.15) is 0 Å². The Balaban J connectivity index is 3.28. The zero-order valence-electron chi connectivity index (χ0n) is 5.94. The van der Waals surface area contributed by atoms with Gasteiger partial charge in [-0.25, -0.2) is 0 Å². The molecule has 1 heteroatoms. The summed E-state index contributed by atoms with van der Waals surface area (Å²) in [6, 6.07) is 1.29. The average Bonchev–Trinajstić information content (AvgIpc) is 1.65. The van der Waals surface area contributed by atoms with E-state index in [0.29, 0.717) is 0 Å². The van der Waals surface area contributed by atoms with Crippen LogP contribution in [0.25, 0.3) is 0 Å². The molecular weight excluding hydrogens is 112 g/mol. The Hall–Kier alpha value is -0.223. The summed E-state index contributed by atoms with van der Waals surface area (Å²) < 4.78 is 0. The van der Waals surface area contributed by atoms with Crippen molar-refractivity contribution in [3.05, 3.63) is 0 Å². The molecule has 0 aromatic carbocycles. The van der Waals surface area contributed by atoms with Crippen molar-refractivity contribution in [1.29, 1.82) is 0 Å². The lowest BCUT2D eigenvalue weighted by atomic mass is 10.3. The van der Waals surface area contributed by atoms with Gasteiger partial charge in [-0.05, 0) is 12.0 Å². The predicted octanol–water partition coefficient (Wildman–Crippen LogP) is 1.67. The van der Waals surface area contributed by atoms with Crippen LogP contribution in [0.5, 0.6) is 0 Å². The third kappa shape index (κ3) is 3.95. The summed E-state index contributed by atoms with van der Waals surface area (Å²) in [6.07, 6.45) is 5.23. The van der Waals surface area contributed by atoms with E-state index in [1.54, 1.807) is 0 Å². The molecule has 0 saturated carbocycles. The minimum atomic E-state index is -0.711. The van der Waals surface area contributed by atoms with Gasteiger partial charge in [0, 0.05) is 0 Å². The first-order chi connectivity index (χ1) is 3.66. The van der Waals surface area contributed by atoms with Gasteiger partial charge < -0.3 is 0 Å². The largest absolute Gasteiger partial charge is 0.139 e. The summed E-state index contributed by atoms with van der Waals surface area (Å²) in [5.74, 6) is 0.799. The van der Waals surface area contributed by atoms with E-state index in [2.05, 4.69) is 25.9 Å². The third-order valence-electron chi connectivity index (χ3n) is 1.11. The molecule has 0 spiro atoms. The maximum absolute atomic E-state index is 5.23. The molecule has 0 heterocycles. The minimum absolute atomic E-state index is 0.711. The van der Waals surface area contributed by atoms with Crippen LogP contribution in [-0.2, 0) is 0 Å². The number of rotatable bonds is 2. The van der Waals surface area contributed by atoms with Crippen molar-refractivity contribution in [1.82, 2.24) is 0 Å². The number of hydrogen-bond acceptors (Lipinski definition) is 0. The number of hydrogen-bond donors (Lipinski definition) is 0. The third-order valence-corrected chi connectivity index (χ3v) is 3.33. The van der Waals surface area contributed by atoms with E-state index >= 15 is 0 Å². The van der Waals surface area contributed by atoms with E-state index in [4.69, 9.17) is 6.42 Å². The van der Waals surface area contributed by atoms with Crippen LogP contribution in [0.4, 0.5) is 0 Å². The van der Waals surface area contributed by atoms with Crippen molar-refractivity contribution >= 4 is 8.80 Å². The van der Waals surface area contributed by atoms with Gasteiger partial charge in [0.1, 0.15) is 8.80 Å². The average molecular weight is 126 g/mol. The topological polar surface area (TPSA) is 0 Å². The molecule has 1 unspecified atom stereocenters. The van der Waals surface area contributed by atoms with Crippen LogP contribution in [0.15, 0.2) is 0 Å². The first-order valence-corrected chi connectivity index (χ1v) is 5.67. The fourth-order valence-electron chi connectivity index (χ4n) is 0.775. The second kappa shape index (κ2) is 3.74. The fourth-order valence-corrected chi connectivity index (χ4v) is 2.33. The Bertz CT molecular complexity index is 89.1. The number of terminal acetylenes is 1. The van der Waals surface area contributed by atoms with Gasteiger partial charge in [-0.15, -0.1) is 12.0 Å². The summed E-state index contributed by atoms with van der Waals surface area (Å²) in [4.78, 5) is 0. The maximum Gasteiger partial charge on any atom is 0.119 e. The zero-order valence-corrected chi connectivity index (χ0v) is 7.09. The standard InChI is InChI=1S/C7H14Si/c1-5-8(4)6-7(2)3/h1,7-8H,6H2,2-4H3.